The monoisotopic (exact) mass is 488 g/mol. The molecule has 0 bridgehead atoms. The number of anilines is 1. The Kier molecular flexibility index (Phi) is 6.35. The molecule has 5 rings (SSSR count). The second kappa shape index (κ2) is 9.57. The predicted molar refractivity (Wildman–Crippen MR) is 135 cm³/mol. The normalized spacial score (nSPS) is 20.1. The highest BCUT2D eigenvalue weighted by molar-refractivity contribution is 6.33. The van der Waals surface area contributed by atoms with E-state index in [4.69, 9.17) is 34.5 Å². The number of fused-ring (bicyclic) bond motifs is 1. The number of nitrogens with zero attached hydrogens (tertiary/aromatic N) is 4. The zero-order valence-corrected chi connectivity index (χ0v) is 19.9. The van der Waals surface area contributed by atoms with Crippen molar-refractivity contribution in [3.8, 4) is 11.8 Å². The quantitative estimate of drug-likeness (QED) is 0.380. The van der Waals surface area contributed by atoms with Gasteiger partial charge in [0.1, 0.15) is 5.75 Å². The molecule has 1 fully saturated rings. The van der Waals surface area contributed by atoms with E-state index in [0.29, 0.717) is 27.9 Å². The Morgan fingerprint density at radius 2 is 1.82 bits per heavy atom. The van der Waals surface area contributed by atoms with Gasteiger partial charge in [-0.25, -0.2) is 4.85 Å². The van der Waals surface area contributed by atoms with Gasteiger partial charge in [0.15, 0.2) is 5.69 Å². The van der Waals surface area contributed by atoms with Gasteiger partial charge in [0.25, 0.3) is 0 Å². The van der Waals surface area contributed by atoms with E-state index in [1.807, 2.05) is 42.5 Å². The van der Waals surface area contributed by atoms with Crippen molar-refractivity contribution in [1.82, 2.24) is 4.90 Å². The number of benzene rings is 3. The van der Waals surface area contributed by atoms with Crippen molar-refractivity contribution in [3.63, 3.8) is 0 Å². The average molecular weight is 489 g/mol. The van der Waals surface area contributed by atoms with E-state index in [-0.39, 0.29) is 12.1 Å². The molecule has 2 atom stereocenters. The SMILES string of the molecule is [C-]#[N+]c1ccc2c(c1)OCC[C@H]2N1CCN(c2ccc(C#N)cc2Cl)[C@H](c2ccc(Cl)cc2)C1. The van der Waals surface area contributed by atoms with E-state index in [9.17, 15) is 5.26 Å². The molecule has 1 saturated heterocycles. The number of hydrogen-bond donors (Lipinski definition) is 0. The molecule has 0 aromatic heterocycles. The Morgan fingerprint density at radius 3 is 2.56 bits per heavy atom. The molecule has 2 aliphatic heterocycles. The van der Waals surface area contributed by atoms with Gasteiger partial charge >= 0.3 is 0 Å². The van der Waals surface area contributed by atoms with E-state index in [0.717, 1.165) is 48.6 Å². The van der Waals surface area contributed by atoms with E-state index >= 15 is 0 Å². The lowest BCUT2D eigenvalue weighted by molar-refractivity contribution is 0.117. The zero-order chi connectivity index (χ0) is 23.7. The van der Waals surface area contributed by atoms with Crippen molar-refractivity contribution in [2.45, 2.75) is 18.5 Å². The fraction of sp³-hybridized carbons (Fsp3) is 0.259. The molecule has 0 aliphatic carbocycles. The summed E-state index contributed by atoms with van der Waals surface area (Å²) in [4.78, 5) is 8.38. The smallest absolute Gasteiger partial charge is 0.190 e. The van der Waals surface area contributed by atoms with E-state index < -0.39 is 0 Å². The molecule has 0 unspecified atom stereocenters. The van der Waals surface area contributed by atoms with Crippen LogP contribution in [0.4, 0.5) is 11.4 Å². The van der Waals surface area contributed by atoms with Crippen molar-refractivity contribution in [3.05, 3.63) is 98.8 Å². The lowest BCUT2D eigenvalue weighted by atomic mass is 9.94. The van der Waals surface area contributed by atoms with E-state index in [1.165, 1.54) is 0 Å². The summed E-state index contributed by atoms with van der Waals surface area (Å²) in [6, 6.07) is 21.7. The largest absolute Gasteiger partial charge is 0.494 e. The molecule has 7 heteroatoms. The van der Waals surface area contributed by atoms with Crippen LogP contribution in [0.3, 0.4) is 0 Å². The van der Waals surface area contributed by atoms with Gasteiger partial charge in [-0.05, 0) is 42.0 Å². The van der Waals surface area contributed by atoms with Gasteiger partial charge in [-0.1, -0.05) is 47.5 Å². The molecule has 0 radical (unpaired) electrons. The number of hydrogen-bond acceptors (Lipinski definition) is 4. The molecule has 0 amide bonds. The molecule has 0 saturated carbocycles. The number of piperazine rings is 1. The van der Waals surface area contributed by atoms with E-state index in [2.05, 4.69) is 32.8 Å². The van der Waals surface area contributed by atoms with Crippen molar-refractivity contribution in [2.24, 2.45) is 0 Å². The summed E-state index contributed by atoms with van der Waals surface area (Å²) in [5, 5.41) is 10.5. The standard InChI is InChI=1S/C27H22Cl2N4O/c1-31-21-7-8-22-24(10-13-34-27(22)15-21)32-11-12-33(25-9-2-18(16-30)14-23(25)29)26(17-32)19-3-5-20(28)6-4-19/h2-9,14-15,24,26H,10-13,17H2/t24-,26+/m1/s1. The highest BCUT2D eigenvalue weighted by Gasteiger charge is 2.35. The highest BCUT2D eigenvalue weighted by Crippen LogP contribution is 2.42. The first kappa shape index (κ1) is 22.6. The first-order valence-corrected chi connectivity index (χ1v) is 11.9. The van der Waals surface area contributed by atoms with Gasteiger partial charge in [-0.2, -0.15) is 5.26 Å². The summed E-state index contributed by atoms with van der Waals surface area (Å²) in [6.45, 7) is 10.4. The van der Waals surface area contributed by atoms with Gasteiger partial charge in [0.2, 0.25) is 0 Å². The third-order valence-electron chi connectivity index (χ3n) is 6.63. The molecule has 3 aromatic carbocycles. The Bertz CT molecular complexity index is 1300. The van der Waals surface area contributed by atoms with Crippen LogP contribution in [0.1, 0.15) is 35.2 Å². The highest BCUT2D eigenvalue weighted by atomic mass is 35.5. The van der Waals surface area contributed by atoms with E-state index in [1.54, 1.807) is 6.07 Å². The average Bonchev–Trinajstić information content (AvgIpc) is 2.88. The third-order valence-corrected chi connectivity index (χ3v) is 7.18. The molecule has 170 valence electrons. The van der Waals surface area contributed by atoms with Gasteiger partial charge < -0.3 is 9.64 Å². The van der Waals surface area contributed by atoms with Crippen molar-refractivity contribution < 1.29 is 4.74 Å². The van der Waals surface area contributed by atoms with Crippen LogP contribution in [0, 0.1) is 17.9 Å². The Labute approximate surface area is 209 Å². The number of nitriles is 1. The van der Waals surface area contributed by atoms with Crippen LogP contribution in [-0.2, 0) is 0 Å². The second-order valence-corrected chi connectivity index (χ2v) is 9.36. The van der Waals surface area contributed by atoms with Crippen LogP contribution in [0.5, 0.6) is 5.75 Å². The first-order valence-electron chi connectivity index (χ1n) is 11.2. The summed E-state index contributed by atoms with van der Waals surface area (Å²) in [6.07, 6.45) is 0.898. The van der Waals surface area contributed by atoms with Crippen molar-refractivity contribution in [2.75, 3.05) is 31.1 Å². The summed E-state index contributed by atoms with van der Waals surface area (Å²) < 4.78 is 5.90. The van der Waals surface area contributed by atoms with Crippen LogP contribution in [0.2, 0.25) is 10.0 Å². The van der Waals surface area contributed by atoms with Crippen LogP contribution in [0.25, 0.3) is 4.85 Å². The Hall–Kier alpha value is -3.22. The fourth-order valence-electron chi connectivity index (χ4n) is 4.96. The molecule has 0 N–H and O–H groups in total. The number of halogens is 2. The van der Waals surface area contributed by atoms with Crippen molar-refractivity contribution >= 4 is 34.6 Å². The minimum absolute atomic E-state index is 0.0604. The van der Waals surface area contributed by atoms with Gasteiger partial charge in [-0.15, -0.1) is 0 Å². The van der Waals surface area contributed by atoms with Crippen molar-refractivity contribution in [1.29, 1.82) is 5.26 Å². The van der Waals surface area contributed by atoms with Gasteiger partial charge in [0.05, 0.1) is 41.6 Å². The molecule has 2 heterocycles. The third kappa shape index (κ3) is 4.31. The second-order valence-electron chi connectivity index (χ2n) is 8.52. The molecule has 2 aliphatic rings. The summed E-state index contributed by atoms with van der Waals surface area (Å²) in [7, 11) is 0. The molecule has 3 aromatic rings. The summed E-state index contributed by atoms with van der Waals surface area (Å²) >= 11 is 12.8. The van der Waals surface area contributed by atoms with Crippen LogP contribution in [-0.4, -0.2) is 31.1 Å². The maximum atomic E-state index is 9.24. The van der Waals surface area contributed by atoms with Gasteiger partial charge in [-0.3, -0.25) is 4.90 Å². The molecular weight excluding hydrogens is 467 g/mol. The Balaban J connectivity index is 1.49. The lowest BCUT2D eigenvalue weighted by Crippen LogP contribution is -2.50. The summed E-state index contributed by atoms with van der Waals surface area (Å²) in [5.74, 6) is 0.811. The molecule has 0 spiro atoms. The molecule has 5 nitrogen and oxygen atoms in total. The Morgan fingerprint density at radius 1 is 1.00 bits per heavy atom. The lowest BCUT2D eigenvalue weighted by Gasteiger charge is -2.47. The number of ether oxygens (including phenoxy) is 1. The minimum atomic E-state index is 0.0604. The first-order chi connectivity index (χ1) is 16.6. The van der Waals surface area contributed by atoms with Crippen LogP contribution >= 0.6 is 23.2 Å². The fourth-order valence-corrected chi connectivity index (χ4v) is 5.38. The van der Waals surface area contributed by atoms with Crippen LogP contribution in [0.15, 0.2) is 60.7 Å². The molecule has 34 heavy (non-hydrogen) atoms. The maximum Gasteiger partial charge on any atom is 0.190 e. The maximum absolute atomic E-state index is 9.24. The zero-order valence-electron chi connectivity index (χ0n) is 18.4. The van der Waals surface area contributed by atoms with Gasteiger partial charge in [0, 0.05) is 42.7 Å². The topological polar surface area (TPSA) is 43.9 Å². The number of rotatable bonds is 3. The predicted octanol–water partition coefficient (Wildman–Crippen LogP) is 6.80. The summed E-state index contributed by atoms with van der Waals surface area (Å²) in [5.41, 5.74) is 4.37. The van der Waals surface area contributed by atoms with Crippen LogP contribution < -0.4 is 9.64 Å². The molecular formula is C27H22Cl2N4O. The minimum Gasteiger partial charge on any atom is -0.494 e.